The van der Waals surface area contributed by atoms with E-state index in [9.17, 15) is 44.1 Å². The largest absolute Gasteiger partial charge is 0.508 e. The van der Waals surface area contributed by atoms with Crippen LogP contribution >= 0.6 is 0 Å². The second-order valence-corrected chi connectivity index (χ2v) is 10.5. The first kappa shape index (κ1) is 33.4. The van der Waals surface area contributed by atoms with Crippen LogP contribution in [0.3, 0.4) is 0 Å². The third kappa shape index (κ3) is 9.94. The number of aliphatic carboxylic acids is 1. The first-order valence-corrected chi connectivity index (χ1v) is 13.7. The lowest BCUT2D eigenvalue weighted by Gasteiger charge is -2.36. The smallest absolute Gasteiger partial charge is 0.305 e. The molecule has 5 atom stereocenters. The highest BCUT2D eigenvalue weighted by Gasteiger charge is 2.41. The molecule has 41 heavy (non-hydrogen) atoms. The van der Waals surface area contributed by atoms with Crippen molar-refractivity contribution in [2.24, 2.45) is 5.92 Å². The molecule has 1 aromatic rings. The number of hydrogen-bond acceptors (Lipinski definition) is 9. The van der Waals surface area contributed by atoms with E-state index in [1.165, 1.54) is 19.1 Å². The van der Waals surface area contributed by atoms with Crippen molar-refractivity contribution in [3.63, 3.8) is 0 Å². The molecule has 0 saturated carbocycles. The van der Waals surface area contributed by atoms with Crippen LogP contribution in [0.1, 0.15) is 58.4 Å². The van der Waals surface area contributed by atoms with Gasteiger partial charge in [-0.05, 0) is 49.9 Å². The Balaban J connectivity index is 2.41. The average Bonchev–Trinajstić information content (AvgIpc) is 2.92. The van der Waals surface area contributed by atoms with Gasteiger partial charge in [-0.25, -0.2) is 0 Å². The van der Waals surface area contributed by atoms with Gasteiger partial charge in [0.2, 0.25) is 17.7 Å². The Morgan fingerprint density at radius 2 is 1.71 bits per heavy atom. The maximum atomic E-state index is 13.9. The van der Waals surface area contributed by atoms with Gasteiger partial charge in [-0.1, -0.05) is 32.4 Å². The quantitative estimate of drug-likeness (QED) is 0.162. The molecule has 13 nitrogen and oxygen atoms in total. The molecule has 1 aliphatic rings. The van der Waals surface area contributed by atoms with Crippen molar-refractivity contribution >= 4 is 35.9 Å². The minimum Gasteiger partial charge on any atom is -0.508 e. The van der Waals surface area contributed by atoms with Crippen molar-refractivity contribution in [3.8, 4) is 5.75 Å². The lowest BCUT2D eigenvalue weighted by atomic mass is 9.96. The Labute approximate surface area is 238 Å². The van der Waals surface area contributed by atoms with Crippen molar-refractivity contribution in [2.75, 3.05) is 6.54 Å². The normalized spacial score (nSPS) is 17.9. The zero-order chi connectivity index (χ0) is 30.7. The summed E-state index contributed by atoms with van der Waals surface area (Å²) in [5.41, 5.74) is 0.564. The van der Waals surface area contributed by atoms with E-state index < -0.39 is 78.6 Å². The number of amides is 4. The molecule has 0 bridgehead atoms. The maximum absolute atomic E-state index is 13.9. The molecule has 4 amide bonds. The van der Waals surface area contributed by atoms with Gasteiger partial charge in [0.1, 0.15) is 30.2 Å². The van der Waals surface area contributed by atoms with Crippen molar-refractivity contribution < 1.29 is 44.1 Å². The van der Waals surface area contributed by atoms with Crippen LogP contribution in [0.5, 0.6) is 5.75 Å². The third-order valence-corrected chi connectivity index (χ3v) is 6.85. The van der Waals surface area contributed by atoms with Crippen LogP contribution in [0.25, 0.3) is 0 Å². The molecular weight excluding hydrogens is 536 g/mol. The first-order chi connectivity index (χ1) is 19.3. The van der Waals surface area contributed by atoms with E-state index in [-0.39, 0.29) is 12.2 Å². The minimum atomic E-state index is -1.43. The first-order valence-electron chi connectivity index (χ1n) is 13.7. The summed E-state index contributed by atoms with van der Waals surface area (Å²) in [6.07, 6.45) is -0.127. The number of aliphatic hydroxyl groups is 1. The highest BCUT2D eigenvalue weighted by Crippen LogP contribution is 2.19. The lowest BCUT2D eigenvalue weighted by Crippen LogP contribution is -2.62. The topological polar surface area (TPSA) is 202 Å². The standard InChI is InChI=1S/C28H40N4O9/c1-16(2)24(31-26(39)22(30-25(38)17(3)34)14-18-7-9-20(35)10-8-18)28(41)32(19(11-13-33)15-23(36)37)27(40)21-6-4-5-12-29-21/h7-10,13,16-17,19,21-22,24,29,34-35H,4-6,11-12,14-15H2,1-3H3,(H,30,38)(H,31,39)(H,36,37)/t17-,19+,21-,22-,24-/m0/s1. The molecule has 0 aromatic heterocycles. The van der Waals surface area contributed by atoms with Crippen LogP contribution in [0.15, 0.2) is 24.3 Å². The number of rotatable bonds is 14. The van der Waals surface area contributed by atoms with Crippen LogP contribution < -0.4 is 16.0 Å². The number of aldehydes is 1. The summed E-state index contributed by atoms with van der Waals surface area (Å²) in [6, 6.07) is 1.31. The lowest BCUT2D eigenvalue weighted by molar-refractivity contribution is -0.154. The molecule has 0 spiro atoms. The molecule has 1 aromatic carbocycles. The van der Waals surface area contributed by atoms with Gasteiger partial charge in [0.15, 0.2) is 0 Å². The second-order valence-electron chi connectivity index (χ2n) is 10.5. The molecule has 0 radical (unpaired) electrons. The van der Waals surface area contributed by atoms with Gasteiger partial charge in [0, 0.05) is 12.8 Å². The number of nitrogens with zero attached hydrogens (tertiary/aromatic N) is 1. The summed E-state index contributed by atoms with van der Waals surface area (Å²) in [7, 11) is 0. The van der Waals surface area contributed by atoms with Crippen LogP contribution in [0, 0.1) is 5.92 Å². The van der Waals surface area contributed by atoms with Crippen LogP contribution in [-0.2, 0) is 35.2 Å². The van der Waals surface area contributed by atoms with Gasteiger partial charge in [-0.2, -0.15) is 0 Å². The highest BCUT2D eigenvalue weighted by atomic mass is 16.4. The Hall–Kier alpha value is -3.84. The number of aromatic hydroxyl groups is 1. The number of imide groups is 1. The number of hydrogen-bond donors (Lipinski definition) is 6. The SMILES string of the molecule is CC(C)[C@H](NC(=O)[C@H](Cc1ccc(O)cc1)NC(=O)[C@H](C)O)C(=O)N(C(=O)[C@@H]1CCCCN1)[C@H](CC=O)CC(=O)O. The minimum absolute atomic E-state index is 0.00307. The van der Waals surface area contributed by atoms with E-state index in [1.807, 2.05) is 0 Å². The molecule has 0 unspecified atom stereocenters. The van der Waals surface area contributed by atoms with E-state index >= 15 is 0 Å². The molecule has 1 heterocycles. The summed E-state index contributed by atoms with van der Waals surface area (Å²) in [5.74, 6) is -5.05. The van der Waals surface area contributed by atoms with Gasteiger partial charge < -0.3 is 36.1 Å². The van der Waals surface area contributed by atoms with Gasteiger partial charge in [0.25, 0.3) is 5.91 Å². The number of carbonyl (C=O) groups excluding carboxylic acids is 5. The molecule has 0 aliphatic carbocycles. The van der Waals surface area contributed by atoms with E-state index in [4.69, 9.17) is 0 Å². The van der Waals surface area contributed by atoms with E-state index in [2.05, 4.69) is 16.0 Å². The average molecular weight is 577 g/mol. The van der Waals surface area contributed by atoms with E-state index in [0.29, 0.717) is 24.8 Å². The van der Waals surface area contributed by atoms with Crippen molar-refractivity contribution in [2.45, 2.75) is 89.6 Å². The van der Waals surface area contributed by atoms with Crippen molar-refractivity contribution in [1.29, 1.82) is 0 Å². The predicted octanol–water partition coefficient (Wildman–Crippen LogP) is -0.129. The number of phenolic OH excluding ortho intramolecular Hbond substituents is 1. The van der Waals surface area contributed by atoms with Gasteiger partial charge in [0.05, 0.1) is 18.5 Å². The van der Waals surface area contributed by atoms with Gasteiger partial charge >= 0.3 is 5.97 Å². The molecule has 13 heteroatoms. The Bertz CT molecular complexity index is 1080. The third-order valence-electron chi connectivity index (χ3n) is 6.85. The van der Waals surface area contributed by atoms with Crippen molar-refractivity contribution in [3.05, 3.63) is 29.8 Å². The summed E-state index contributed by atoms with van der Waals surface area (Å²) in [5, 5.41) is 36.8. The molecule has 6 N–H and O–H groups in total. The molecule has 1 fully saturated rings. The zero-order valence-electron chi connectivity index (χ0n) is 23.5. The number of carboxylic acid groups (broad SMARTS) is 1. The summed E-state index contributed by atoms with van der Waals surface area (Å²) in [6.45, 7) is 5.00. The fourth-order valence-corrected chi connectivity index (χ4v) is 4.58. The summed E-state index contributed by atoms with van der Waals surface area (Å²) < 4.78 is 0. The number of carbonyl (C=O) groups is 6. The van der Waals surface area contributed by atoms with Crippen LogP contribution in [-0.4, -0.2) is 92.9 Å². The fraction of sp³-hybridized carbons (Fsp3) is 0.571. The molecule has 1 aliphatic heterocycles. The number of carboxylic acids is 1. The number of piperidine rings is 1. The summed E-state index contributed by atoms with van der Waals surface area (Å²) >= 11 is 0. The molecular formula is C28H40N4O9. The Kier molecular flexibility index (Phi) is 12.9. The van der Waals surface area contributed by atoms with Crippen LogP contribution in [0.2, 0.25) is 0 Å². The van der Waals surface area contributed by atoms with Crippen molar-refractivity contribution in [1.82, 2.24) is 20.9 Å². The Morgan fingerprint density at radius 3 is 2.22 bits per heavy atom. The zero-order valence-corrected chi connectivity index (χ0v) is 23.5. The second kappa shape index (κ2) is 15.8. The van der Waals surface area contributed by atoms with Gasteiger partial charge in [-0.3, -0.25) is 28.9 Å². The van der Waals surface area contributed by atoms with E-state index in [1.54, 1.807) is 26.0 Å². The molecule has 226 valence electrons. The molecule has 2 rings (SSSR count). The molecule has 1 saturated heterocycles. The number of benzene rings is 1. The number of aliphatic hydroxyl groups excluding tert-OH is 1. The monoisotopic (exact) mass is 576 g/mol. The van der Waals surface area contributed by atoms with Crippen LogP contribution in [0.4, 0.5) is 0 Å². The van der Waals surface area contributed by atoms with E-state index in [0.717, 1.165) is 17.7 Å². The number of phenols is 1. The predicted molar refractivity (Wildman–Crippen MR) is 146 cm³/mol. The maximum Gasteiger partial charge on any atom is 0.305 e. The number of nitrogens with one attached hydrogen (secondary N) is 3. The summed E-state index contributed by atoms with van der Waals surface area (Å²) in [4.78, 5) is 77.2. The Morgan fingerprint density at radius 1 is 1.05 bits per heavy atom. The van der Waals surface area contributed by atoms with Gasteiger partial charge in [-0.15, -0.1) is 0 Å². The highest BCUT2D eigenvalue weighted by molar-refractivity contribution is 6.02. The fourth-order valence-electron chi connectivity index (χ4n) is 4.58.